The standard InChI is InChI=1S/C23H28O4/c1-4-5-13-26-14-15-27-22-10-8-19(9-11-22)21-16-18(2)23(25-3)20(17-21)7-6-12-24/h6-12,16-17H,4-5,13-15H2,1-3H3/b7-6+. The minimum absolute atomic E-state index is 0.547. The Kier molecular flexibility index (Phi) is 8.59. The van der Waals surface area contributed by atoms with Crippen LogP contribution in [0.3, 0.4) is 0 Å². The maximum Gasteiger partial charge on any atom is 0.142 e. The lowest BCUT2D eigenvalue weighted by molar-refractivity contribution is -0.104. The highest BCUT2D eigenvalue weighted by molar-refractivity contribution is 5.79. The fourth-order valence-electron chi connectivity index (χ4n) is 2.82. The van der Waals surface area contributed by atoms with Gasteiger partial charge in [-0.05, 0) is 66.5 Å². The first-order valence-corrected chi connectivity index (χ1v) is 9.31. The summed E-state index contributed by atoms with van der Waals surface area (Å²) in [4.78, 5) is 10.7. The highest BCUT2D eigenvalue weighted by atomic mass is 16.5. The van der Waals surface area contributed by atoms with E-state index in [1.807, 2.05) is 37.3 Å². The molecule has 0 amide bonds. The summed E-state index contributed by atoms with van der Waals surface area (Å²) in [7, 11) is 1.64. The van der Waals surface area contributed by atoms with Crippen molar-refractivity contribution in [2.45, 2.75) is 26.7 Å². The summed E-state index contributed by atoms with van der Waals surface area (Å²) in [6, 6.07) is 12.1. The number of allylic oxidation sites excluding steroid dienone is 1. The number of hydrogen-bond donors (Lipinski definition) is 0. The minimum atomic E-state index is 0.547. The maximum absolute atomic E-state index is 10.7. The molecular weight excluding hydrogens is 340 g/mol. The highest BCUT2D eigenvalue weighted by Gasteiger charge is 2.08. The third-order valence-electron chi connectivity index (χ3n) is 4.19. The molecule has 0 aliphatic heterocycles. The van der Waals surface area contributed by atoms with E-state index in [1.54, 1.807) is 13.2 Å². The summed E-state index contributed by atoms with van der Waals surface area (Å²) < 4.78 is 16.7. The Balaban J connectivity index is 2.06. The Labute approximate surface area is 161 Å². The van der Waals surface area contributed by atoms with Gasteiger partial charge in [-0.2, -0.15) is 0 Å². The van der Waals surface area contributed by atoms with Crippen LogP contribution in [0.25, 0.3) is 17.2 Å². The van der Waals surface area contributed by atoms with Gasteiger partial charge in [0, 0.05) is 12.2 Å². The predicted molar refractivity (Wildman–Crippen MR) is 109 cm³/mol. The number of benzene rings is 2. The number of ether oxygens (including phenoxy) is 3. The van der Waals surface area contributed by atoms with Crippen LogP contribution < -0.4 is 9.47 Å². The van der Waals surface area contributed by atoms with Crippen molar-refractivity contribution >= 4 is 12.4 Å². The van der Waals surface area contributed by atoms with E-state index in [0.717, 1.165) is 59.5 Å². The largest absolute Gasteiger partial charge is 0.496 e. The molecule has 0 saturated carbocycles. The van der Waals surface area contributed by atoms with Crippen molar-refractivity contribution in [1.82, 2.24) is 0 Å². The Morgan fingerprint density at radius 1 is 1.00 bits per heavy atom. The second kappa shape index (κ2) is 11.2. The summed E-state index contributed by atoms with van der Waals surface area (Å²) in [5.41, 5.74) is 4.04. The van der Waals surface area contributed by atoms with Gasteiger partial charge in [-0.15, -0.1) is 0 Å². The van der Waals surface area contributed by atoms with E-state index >= 15 is 0 Å². The van der Waals surface area contributed by atoms with E-state index in [4.69, 9.17) is 14.2 Å². The van der Waals surface area contributed by atoms with Gasteiger partial charge in [-0.25, -0.2) is 0 Å². The van der Waals surface area contributed by atoms with Gasteiger partial charge < -0.3 is 14.2 Å². The normalized spacial score (nSPS) is 10.9. The predicted octanol–water partition coefficient (Wildman–Crippen LogP) is 5.08. The molecule has 0 atom stereocenters. The molecule has 4 nitrogen and oxygen atoms in total. The summed E-state index contributed by atoms with van der Waals surface area (Å²) in [5.74, 6) is 1.60. The Morgan fingerprint density at radius 2 is 1.78 bits per heavy atom. The number of carbonyl (C=O) groups excluding carboxylic acids is 1. The van der Waals surface area contributed by atoms with Gasteiger partial charge in [-0.1, -0.05) is 25.5 Å². The molecule has 2 aromatic carbocycles. The van der Waals surface area contributed by atoms with Gasteiger partial charge in [0.05, 0.1) is 13.7 Å². The van der Waals surface area contributed by atoms with Gasteiger partial charge in [0.15, 0.2) is 0 Å². The van der Waals surface area contributed by atoms with Crippen molar-refractivity contribution in [2.75, 3.05) is 26.9 Å². The molecule has 144 valence electrons. The molecule has 0 heterocycles. The molecule has 0 unspecified atom stereocenters. The van der Waals surface area contributed by atoms with Crippen LogP contribution in [0.2, 0.25) is 0 Å². The number of methoxy groups -OCH3 is 1. The third kappa shape index (κ3) is 6.26. The maximum atomic E-state index is 10.7. The van der Waals surface area contributed by atoms with Gasteiger partial charge >= 0.3 is 0 Å². The zero-order chi connectivity index (χ0) is 19.5. The van der Waals surface area contributed by atoms with E-state index in [1.165, 1.54) is 6.08 Å². The molecule has 27 heavy (non-hydrogen) atoms. The SMILES string of the molecule is CCCCOCCOc1ccc(-c2cc(C)c(OC)c(/C=C/C=O)c2)cc1. The van der Waals surface area contributed by atoms with Crippen LogP contribution in [0.1, 0.15) is 30.9 Å². The van der Waals surface area contributed by atoms with E-state index < -0.39 is 0 Å². The van der Waals surface area contributed by atoms with Crippen LogP contribution in [0, 0.1) is 6.92 Å². The van der Waals surface area contributed by atoms with Crippen molar-refractivity contribution in [2.24, 2.45) is 0 Å². The van der Waals surface area contributed by atoms with Crippen molar-refractivity contribution in [3.05, 3.63) is 53.6 Å². The molecule has 0 bridgehead atoms. The van der Waals surface area contributed by atoms with Gasteiger partial charge in [-0.3, -0.25) is 4.79 Å². The summed E-state index contributed by atoms with van der Waals surface area (Å²) >= 11 is 0. The first-order valence-electron chi connectivity index (χ1n) is 9.31. The van der Waals surface area contributed by atoms with Crippen LogP contribution in [0.5, 0.6) is 11.5 Å². The third-order valence-corrected chi connectivity index (χ3v) is 4.19. The summed E-state index contributed by atoms with van der Waals surface area (Å²) in [5, 5.41) is 0. The van der Waals surface area contributed by atoms with Crippen LogP contribution >= 0.6 is 0 Å². The second-order valence-electron chi connectivity index (χ2n) is 6.25. The number of aldehydes is 1. The number of rotatable bonds is 11. The molecule has 2 aromatic rings. The molecule has 4 heteroatoms. The lowest BCUT2D eigenvalue weighted by Crippen LogP contribution is -2.07. The number of hydrogen-bond acceptors (Lipinski definition) is 4. The molecule has 2 rings (SSSR count). The van der Waals surface area contributed by atoms with Gasteiger partial charge in [0.2, 0.25) is 0 Å². The Morgan fingerprint density at radius 3 is 2.44 bits per heavy atom. The molecule has 0 fully saturated rings. The van der Waals surface area contributed by atoms with Crippen molar-refractivity contribution < 1.29 is 19.0 Å². The molecular formula is C23H28O4. The second-order valence-corrected chi connectivity index (χ2v) is 6.25. The summed E-state index contributed by atoms with van der Waals surface area (Å²) in [6.45, 7) is 6.08. The Hall–Kier alpha value is -2.59. The van der Waals surface area contributed by atoms with Crippen LogP contribution in [0.15, 0.2) is 42.5 Å². The first-order chi connectivity index (χ1) is 13.2. The lowest BCUT2D eigenvalue weighted by Gasteiger charge is -2.13. The molecule has 0 aliphatic carbocycles. The monoisotopic (exact) mass is 368 g/mol. The fourth-order valence-corrected chi connectivity index (χ4v) is 2.82. The van der Waals surface area contributed by atoms with Gasteiger partial charge in [0.25, 0.3) is 0 Å². The van der Waals surface area contributed by atoms with E-state index in [2.05, 4.69) is 13.0 Å². The van der Waals surface area contributed by atoms with Crippen LogP contribution in [0.4, 0.5) is 0 Å². The minimum Gasteiger partial charge on any atom is -0.496 e. The van der Waals surface area contributed by atoms with E-state index in [-0.39, 0.29) is 0 Å². The van der Waals surface area contributed by atoms with Gasteiger partial charge in [0.1, 0.15) is 24.4 Å². The number of unbranched alkanes of at least 4 members (excludes halogenated alkanes) is 1. The van der Waals surface area contributed by atoms with Crippen molar-refractivity contribution in [1.29, 1.82) is 0 Å². The first kappa shape index (κ1) is 20.7. The fraction of sp³-hybridized carbons (Fsp3) is 0.348. The zero-order valence-electron chi connectivity index (χ0n) is 16.4. The number of aryl methyl sites for hydroxylation is 1. The van der Waals surface area contributed by atoms with Crippen molar-refractivity contribution in [3.63, 3.8) is 0 Å². The van der Waals surface area contributed by atoms with Crippen molar-refractivity contribution in [3.8, 4) is 22.6 Å². The topological polar surface area (TPSA) is 44.8 Å². The van der Waals surface area contributed by atoms with Crippen LogP contribution in [-0.4, -0.2) is 33.2 Å². The average molecular weight is 368 g/mol. The van der Waals surface area contributed by atoms with E-state index in [0.29, 0.717) is 13.2 Å². The quantitative estimate of drug-likeness (QED) is 0.315. The molecule has 0 aliphatic rings. The molecule has 0 N–H and O–H groups in total. The molecule has 0 aromatic heterocycles. The lowest BCUT2D eigenvalue weighted by atomic mass is 9.98. The molecule has 0 spiro atoms. The molecule has 0 saturated heterocycles. The smallest absolute Gasteiger partial charge is 0.142 e. The molecule has 0 radical (unpaired) electrons. The highest BCUT2D eigenvalue weighted by Crippen LogP contribution is 2.32. The van der Waals surface area contributed by atoms with Crippen LogP contribution in [-0.2, 0) is 9.53 Å². The average Bonchev–Trinajstić information content (AvgIpc) is 2.69. The van der Waals surface area contributed by atoms with E-state index in [9.17, 15) is 4.79 Å². The zero-order valence-corrected chi connectivity index (χ0v) is 16.4. The number of carbonyl (C=O) groups is 1. The summed E-state index contributed by atoms with van der Waals surface area (Å²) in [6.07, 6.45) is 6.22. The Bertz CT molecular complexity index is 748.